The molecule has 0 aliphatic rings. The van der Waals surface area contributed by atoms with Gasteiger partial charge >= 0.3 is 24.0 Å². The molecule has 0 saturated carbocycles. The quantitative estimate of drug-likeness (QED) is 0.0374. The first kappa shape index (κ1) is 79.4. The molecule has 522 valence electrons. The van der Waals surface area contributed by atoms with Crippen LogP contribution < -0.4 is 64.9 Å². The highest BCUT2D eigenvalue weighted by atomic mass is 79.9. The molecule has 5 N–H and O–H groups in total. The van der Waals surface area contributed by atoms with E-state index in [2.05, 4.69) is 130 Å². The maximum Gasteiger partial charge on any atom is 0.374 e. The van der Waals surface area contributed by atoms with E-state index in [9.17, 15) is 19.5 Å². The summed E-state index contributed by atoms with van der Waals surface area (Å²) in [5.74, 6) is 2.28. The lowest BCUT2D eigenvalue weighted by Gasteiger charge is -2.16. The Bertz CT molecular complexity index is 4040. The molecule has 9 aromatic heterocycles. The van der Waals surface area contributed by atoms with Gasteiger partial charge in [-0.1, -0.05) is 58.9 Å². The minimum absolute atomic E-state index is 0.0178. The van der Waals surface area contributed by atoms with Crippen molar-refractivity contribution in [2.45, 2.75) is 93.5 Å². The molecule has 0 aliphatic heterocycles. The van der Waals surface area contributed by atoms with Gasteiger partial charge in [0.25, 0.3) is 17.8 Å². The number of hydrogen-bond acceptors (Lipinski definition) is 27. The molecule has 9 heterocycles. The van der Waals surface area contributed by atoms with E-state index in [1.54, 1.807) is 56.3 Å². The molecule has 1 amide bonds. The highest BCUT2D eigenvalue weighted by Gasteiger charge is 2.25. The number of aromatic hydroxyl groups is 2. The maximum absolute atomic E-state index is 12.7. The Morgan fingerprint density at radius 1 is 0.433 bits per heavy atom. The maximum atomic E-state index is 12.7. The minimum Gasteiger partial charge on any atom is -0.506 e. The van der Waals surface area contributed by atoms with E-state index < -0.39 is 42.1 Å². The van der Waals surface area contributed by atoms with Crippen molar-refractivity contribution in [3.8, 4) is 70.4 Å². The summed E-state index contributed by atoms with van der Waals surface area (Å²) in [4.78, 5) is 68.1. The van der Waals surface area contributed by atoms with Crippen LogP contribution in [0.25, 0.3) is 0 Å². The summed E-state index contributed by atoms with van der Waals surface area (Å²) in [6.45, 7) is 29.2. The molecule has 0 unspecified atom stereocenters. The molecule has 0 spiro atoms. The number of ether oxygens (including phenoxy) is 10. The predicted molar refractivity (Wildman–Crippen MR) is 375 cm³/mol. The van der Waals surface area contributed by atoms with E-state index in [1.165, 1.54) is 69.0 Å². The average Bonchev–Trinajstić information content (AvgIpc) is 1.74. The van der Waals surface area contributed by atoms with Crippen molar-refractivity contribution in [2.75, 3.05) is 67.9 Å². The Kier molecular flexibility index (Phi) is 29.6. The number of carbonyl (C=O) groups excluding carboxylic acids is 3. The van der Waals surface area contributed by atoms with Crippen LogP contribution in [0.3, 0.4) is 0 Å². The van der Waals surface area contributed by atoms with Crippen molar-refractivity contribution in [2.24, 2.45) is 0 Å². The SMILES string of the molecule is COC(=O)c1ccc(C)o1.COC(=O)c1ccc(Oc2ccc([Si](C)(C)C)nc2C)o1.COc1nc(OC)c(N)c(OC)n1.COc1nc(OC)c(NC(=O)c2ccc(Oc3ccc([Si](C)(C)C)nc3C)o2)c(OC)n1.Cc1nc(Br)ccc1O.Cc1nc([Si](C)(C)C)ccc1O. The zero-order valence-corrected chi connectivity index (χ0v) is 63.1. The minimum atomic E-state index is -1.53. The zero-order valence-electron chi connectivity index (χ0n) is 58.5. The van der Waals surface area contributed by atoms with Crippen LogP contribution in [0.15, 0.2) is 103 Å². The van der Waals surface area contributed by atoms with Gasteiger partial charge in [-0.25, -0.2) is 14.6 Å². The molecule has 0 radical (unpaired) electrons. The van der Waals surface area contributed by atoms with Gasteiger partial charge in [0, 0.05) is 28.1 Å². The van der Waals surface area contributed by atoms with Gasteiger partial charge in [0.2, 0.25) is 35.0 Å². The van der Waals surface area contributed by atoms with Crippen LogP contribution in [0, 0.1) is 34.6 Å². The number of halogens is 1. The van der Waals surface area contributed by atoms with E-state index in [0.29, 0.717) is 23.0 Å². The number of nitrogens with two attached hydrogens (primary N) is 1. The molecule has 9 aromatic rings. The van der Waals surface area contributed by atoms with Crippen LogP contribution in [0.4, 0.5) is 11.4 Å². The fourth-order valence-electron chi connectivity index (χ4n) is 7.47. The number of amides is 1. The van der Waals surface area contributed by atoms with Gasteiger partial charge in [0.1, 0.15) is 46.1 Å². The number of carbonyl (C=O) groups is 3. The topological polar surface area (TPSA) is 365 Å². The summed E-state index contributed by atoms with van der Waals surface area (Å²) >= 11 is 3.17. The first-order valence-electron chi connectivity index (χ1n) is 29.4. The number of esters is 2. The van der Waals surface area contributed by atoms with Gasteiger partial charge in [-0.15, -0.1) is 0 Å². The Labute approximate surface area is 574 Å². The number of nitrogen functional groups attached to an aromatic ring is 1. The van der Waals surface area contributed by atoms with Crippen LogP contribution in [0.5, 0.6) is 70.4 Å². The third kappa shape index (κ3) is 24.0. The van der Waals surface area contributed by atoms with E-state index in [0.717, 1.165) is 37.6 Å². The number of aromatic nitrogens is 8. The molecule has 28 nitrogen and oxygen atoms in total. The molecule has 0 fully saturated rings. The number of nitrogens with one attached hydrogen (secondary N) is 1. The fourth-order valence-corrected chi connectivity index (χ4v) is 11.1. The smallest absolute Gasteiger partial charge is 0.374 e. The predicted octanol–water partition coefficient (Wildman–Crippen LogP) is 11.5. The highest BCUT2D eigenvalue weighted by Crippen LogP contribution is 2.35. The van der Waals surface area contributed by atoms with Gasteiger partial charge in [-0.2, -0.15) is 19.9 Å². The second kappa shape index (κ2) is 36.2. The molecule has 0 aromatic carbocycles. The Morgan fingerprint density at radius 3 is 1.14 bits per heavy atom. The van der Waals surface area contributed by atoms with Crippen molar-refractivity contribution in [1.29, 1.82) is 0 Å². The Balaban J connectivity index is 0.000000265. The first-order chi connectivity index (χ1) is 45.5. The number of pyridine rings is 4. The molecular formula is C65H85BrN10O18Si3. The fraction of sp³-hybridized carbons (Fsp3) is 0.338. The monoisotopic (exact) mass is 1460 g/mol. The number of rotatable bonds is 17. The summed E-state index contributed by atoms with van der Waals surface area (Å²) in [5, 5.41) is 24.2. The summed E-state index contributed by atoms with van der Waals surface area (Å²) in [6, 6.07) is 24.3. The van der Waals surface area contributed by atoms with Gasteiger partial charge in [0.05, 0.1) is 79.7 Å². The number of hydrogen-bond donors (Lipinski definition) is 4. The largest absolute Gasteiger partial charge is 0.506 e. The number of nitrogens with zero attached hydrogens (tertiary/aromatic N) is 8. The second-order valence-electron chi connectivity index (χ2n) is 23.4. The van der Waals surface area contributed by atoms with E-state index >= 15 is 0 Å². The molecule has 32 heteroatoms. The van der Waals surface area contributed by atoms with Crippen LogP contribution in [0.1, 0.15) is 60.2 Å². The molecule has 0 saturated heterocycles. The van der Waals surface area contributed by atoms with Crippen LogP contribution in [-0.4, -0.2) is 149 Å². The molecule has 0 bridgehead atoms. The normalized spacial score (nSPS) is 10.7. The van der Waals surface area contributed by atoms with Gasteiger partial charge in [0.15, 0.2) is 28.6 Å². The molecule has 0 aliphatic carbocycles. The third-order valence-electron chi connectivity index (χ3n) is 12.8. The summed E-state index contributed by atoms with van der Waals surface area (Å²) in [7, 11) is 6.91. The summed E-state index contributed by atoms with van der Waals surface area (Å²) in [6.07, 6.45) is 0. The summed E-state index contributed by atoms with van der Waals surface area (Å²) < 4.78 is 67.0. The van der Waals surface area contributed by atoms with Crippen LogP contribution in [-0.2, 0) is 9.47 Å². The molecular weight excluding hydrogens is 1370 g/mol. The lowest BCUT2D eigenvalue weighted by molar-refractivity contribution is 0.0554. The number of methoxy groups -OCH3 is 8. The van der Waals surface area contributed by atoms with Crippen molar-refractivity contribution in [1.82, 2.24) is 39.9 Å². The highest BCUT2D eigenvalue weighted by molar-refractivity contribution is 9.10. The van der Waals surface area contributed by atoms with Crippen LogP contribution >= 0.6 is 15.9 Å². The van der Waals surface area contributed by atoms with Gasteiger partial charge < -0.3 is 81.9 Å². The average molecular weight is 1460 g/mol. The van der Waals surface area contributed by atoms with E-state index in [-0.39, 0.29) is 87.6 Å². The van der Waals surface area contributed by atoms with Crippen molar-refractivity contribution in [3.63, 3.8) is 0 Å². The number of aryl methyl sites for hydroxylation is 5. The van der Waals surface area contributed by atoms with E-state index in [4.69, 9.17) is 62.0 Å². The number of anilines is 2. The van der Waals surface area contributed by atoms with Crippen molar-refractivity contribution in [3.05, 3.63) is 135 Å². The second-order valence-corrected chi connectivity index (χ2v) is 39.2. The number of furan rings is 3. The zero-order chi connectivity index (χ0) is 72.7. The third-order valence-corrected chi connectivity index (χ3v) is 18.7. The van der Waals surface area contributed by atoms with Gasteiger partial charge in [-0.05, 0) is 123 Å². The lowest BCUT2D eigenvalue weighted by atomic mass is 10.3. The Hall–Kier alpha value is -10.1. The van der Waals surface area contributed by atoms with E-state index in [1.807, 2.05) is 51.1 Å². The molecule has 9 rings (SSSR count). The molecule has 0 atom stereocenters. The summed E-state index contributed by atoms with van der Waals surface area (Å²) in [5.41, 5.74) is 8.91. The standard InChI is InChI=1S/C21H26N4O6Si.C15H19NO4Si.C9H15NOSi.C7H11N3O3.C7H8O3.C6H6BrNO/c1-12-13(8-10-15(22-12)32(5,6)7)30-16-11-9-14(31-16)18(26)23-17-19(27-2)24-21(29-4)25-20(17)28-3;1-10-11(6-8-13(16-10)21(3,4)5)19-14-9-7-12(20-14)15(17)18-2;1-7-8(11)5-6-9(10-7)12(2,3)4;1-11-5-4(8)6(12-2)10-7(9-5)13-3;1-5-3-4-6(10-5)7(8)9-2;1-4-5(9)2-3-6(7)8-4/h8-11H,1-7H3,(H,23,26);6-9H,1-5H3;5-6,11H,1-4H3;8H2,1-3H3;3-4H,1-2H3;2-3,9H,1H3. The lowest BCUT2D eigenvalue weighted by Crippen LogP contribution is -2.40. The van der Waals surface area contributed by atoms with Crippen molar-refractivity contribution < 1.29 is 85.2 Å². The van der Waals surface area contributed by atoms with Crippen LogP contribution in [0.2, 0.25) is 58.9 Å². The van der Waals surface area contributed by atoms with Gasteiger partial charge in [-0.3, -0.25) is 19.7 Å². The Morgan fingerprint density at radius 2 is 0.794 bits per heavy atom. The molecule has 97 heavy (non-hydrogen) atoms. The first-order valence-corrected chi connectivity index (χ1v) is 40.7. The van der Waals surface area contributed by atoms with Crippen molar-refractivity contribution >= 4 is 85.3 Å².